The quantitative estimate of drug-likeness (QED) is 0.645. The predicted molar refractivity (Wildman–Crippen MR) is 121 cm³/mol. The van der Waals surface area contributed by atoms with Gasteiger partial charge in [-0.2, -0.15) is 0 Å². The van der Waals surface area contributed by atoms with Gasteiger partial charge in [-0.15, -0.1) is 0 Å². The summed E-state index contributed by atoms with van der Waals surface area (Å²) in [5.41, 5.74) is 3.88. The van der Waals surface area contributed by atoms with Crippen molar-refractivity contribution in [3.8, 4) is 22.6 Å². The average molecular weight is 452 g/mol. The Morgan fingerprint density at radius 1 is 1.12 bits per heavy atom. The molecule has 33 heavy (non-hydrogen) atoms. The topological polar surface area (TPSA) is 83.1 Å². The van der Waals surface area contributed by atoms with Crippen LogP contribution in [0.1, 0.15) is 47.2 Å². The van der Waals surface area contributed by atoms with Crippen LogP contribution in [0.25, 0.3) is 11.1 Å². The third kappa shape index (κ3) is 4.29. The largest absolute Gasteiger partial charge is 0.493 e. The molecule has 0 unspecified atom stereocenters. The molecule has 7 nitrogen and oxygen atoms in total. The fraction of sp³-hybridized carbons (Fsp3) is 0.462. The van der Waals surface area contributed by atoms with Crippen LogP contribution in [0.3, 0.4) is 0 Å². The number of ether oxygens (including phenoxy) is 4. The molecule has 1 amide bonds. The number of fused-ring (bicyclic) bond motifs is 1. The van der Waals surface area contributed by atoms with Crippen molar-refractivity contribution in [1.29, 1.82) is 0 Å². The van der Waals surface area contributed by atoms with Gasteiger partial charge in [-0.25, -0.2) is 0 Å². The predicted octanol–water partition coefficient (Wildman–Crippen LogP) is 3.80. The van der Waals surface area contributed by atoms with E-state index in [1.165, 1.54) is 0 Å². The maximum atomic E-state index is 12.7. The Labute approximate surface area is 193 Å². The number of aryl methyl sites for hydroxylation is 1. The van der Waals surface area contributed by atoms with Crippen LogP contribution in [0.15, 0.2) is 30.3 Å². The SMILES string of the molecule is COc1c(C)ccc(-c2ccc3c(c2)CNC3=O)c1OCC1(OC(=O)C2CCOCC2)CC1. The van der Waals surface area contributed by atoms with Crippen molar-refractivity contribution in [2.75, 3.05) is 26.9 Å². The van der Waals surface area contributed by atoms with E-state index in [1.807, 2.05) is 37.3 Å². The number of amides is 1. The second-order valence-electron chi connectivity index (χ2n) is 9.13. The van der Waals surface area contributed by atoms with Gasteiger partial charge in [0.2, 0.25) is 0 Å². The summed E-state index contributed by atoms with van der Waals surface area (Å²) in [6, 6.07) is 9.80. The summed E-state index contributed by atoms with van der Waals surface area (Å²) in [6.07, 6.45) is 3.00. The van der Waals surface area contributed by atoms with Crippen molar-refractivity contribution in [3.05, 3.63) is 47.0 Å². The summed E-state index contributed by atoms with van der Waals surface area (Å²) in [7, 11) is 1.63. The molecular formula is C26H29NO6. The summed E-state index contributed by atoms with van der Waals surface area (Å²) in [5, 5.41) is 2.86. The molecule has 1 aliphatic carbocycles. The van der Waals surface area contributed by atoms with Gasteiger partial charge in [-0.1, -0.05) is 18.2 Å². The lowest BCUT2D eigenvalue weighted by Crippen LogP contribution is -2.33. The van der Waals surface area contributed by atoms with Gasteiger partial charge in [0.05, 0.1) is 13.0 Å². The molecule has 0 atom stereocenters. The van der Waals surface area contributed by atoms with Crippen molar-refractivity contribution in [2.24, 2.45) is 5.92 Å². The third-order valence-corrected chi connectivity index (χ3v) is 6.77. The molecule has 2 aromatic rings. The maximum absolute atomic E-state index is 12.7. The lowest BCUT2D eigenvalue weighted by Gasteiger charge is -2.25. The van der Waals surface area contributed by atoms with Crippen molar-refractivity contribution >= 4 is 11.9 Å². The Hall–Kier alpha value is -3.06. The first-order valence-corrected chi connectivity index (χ1v) is 11.5. The first-order valence-electron chi connectivity index (χ1n) is 11.5. The summed E-state index contributed by atoms with van der Waals surface area (Å²) < 4.78 is 23.3. The molecule has 2 fully saturated rings. The number of carbonyl (C=O) groups is 2. The van der Waals surface area contributed by atoms with Gasteiger partial charge < -0.3 is 24.3 Å². The van der Waals surface area contributed by atoms with Crippen LogP contribution in [0.2, 0.25) is 0 Å². The Morgan fingerprint density at radius 2 is 1.88 bits per heavy atom. The van der Waals surface area contributed by atoms with Gasteiger partial charge in [0.25, 0.3) is 5.91 Å². The molecule has 0 spiro atoms. The molecule has 2 aliphatic heterocycles. The van der Waals surface area contributed by atoms with E-state index in [0.717, 1.165) is 35.1 Å². The average Bonchev–Trinajstić information content (AvgIpc) is 3.51. The van der Waals surface area contributed by atoms with Crippen molar-refractivity contribution < 1.29 is 28.5 Å². The second-order valence-corrected chi connectivity index (χ2v) is 9.13. The van der Waals surface area contributed by atoms with Crippen molar-refractivity contribution in [1.82, 2.24) is 5.32 Å². The molecule has 2 heterocycles. The number of hydrogen-bond acceptors (Lipinski definition) is 6. The highest BCUT2D eigenvalue weighted by Crippen LogP contribution is 2.45. The smallest absolute Gasteiger partial charge is 0.309 e. The Kier molecular flexibility index (Phi) is 5.74. The highest BCUT2D eigenvalue weighted by molar-refractivity contribution is 5.99. The fourth-order valence-electron chi connectivity index (χ4n) is 4.53. The monoisotopic (exact) mass is 451 g/mol. The van der Waals surface area contributed by atoms with Gasteiger partial charge in [0.15, 0.2) is 11.5 Å². The Balaban J connectivity index is 1.38. The van der Waals surface area contributed by atoms with E-state index in [1.54, 1.807) is 7.11 Å². The van der Waals surface area contributed by atoms with E-state index in [4.69, 9.17) is 18.9 Å². The van der Waals surface area contributed by atoms with Crippen molar-refractivity contribution in [3.63, 3.8) is 0 Å². The molecule has 7 heteroatoms. The molecule has 0 bridgehead atoms. The van der Waals surface area contributed by atoms with E-state index in [9.17, 15) is 9.59 Å². The van der Waals surface area contributed by atoms with E-state index in [-0.39, 0.29) is 24.4 Å². The van der Waals surface area contributed by atoms with E-state index >= 15 is 0 Å². The van der Waals surface area contributed by atoms with E-state index in [0.29, 0.717) is 49.7 Å². The Bertz CT molecular complexity index is 1080. The summed E-state index contributed by atoms with van der Waals surface area (Å²) in [6.45, 7) is 3.98. The first kappa shape index (κ1) is 21.8. The zero-order chi connectivity index (χ0) is 23.0. The van der Waals surface area contributed by atoms with Gasteiger partial charge in [0, 0.05) is 30.9 Å². The number of esters is 1. The van der Waals surface area contributed by atoms with Crippen molar-refractivity contribution in [2.45, 2.75) is 44.8 Å². The van der Waals surface area contributed by atoms with E-state index < -0.39 is 5.60 Å². The minimum absolute atomic E-state index is 0.0449. The molecule has 0 radical (unpaired) electrons. The zero-order valence-corrected chi connectivity index (χ0v) is 19.1. The van der Waals surface area contributed by atoms with Gasteiger partial charge in [0.1, 0.15) is 12.2 Å². The van der Waals surface area contributed by atoms with Crippen LogP contribution in [-0.2, 0) is 20.8 Å². The number of benzene rings is 2. The minimum atomic E-state index is -0.574. The normalized spacial score (nSPS) is 18.9. The first-order chi connectivity index (χ1) is 16.0. The van der Waals surface area contributed by atoms with Crippen LogP contribution < -0.4 is 14.8 Å². The number of rotatable bonds is 7. The summed E-state index contributed by atoms with van der Waals surface area (Å²) in [4.78, 5) is 24.6. The Morgan fingerprint density at radius 3 is 2.61 bits per heavy atom. The van der Waals surface area contributed by atoms with Gasteiger partial charge in [-0.3, -0.25) is 9.59 Å². The minimum Gasteiger partial charge on any atom is -0.493 e. The summed E-state index contributed by atoms with van der Waals surface area (Å²) in [5.74, 6) is 1.00. The molecule has 3 aliphatic rings. The van der Waals surface area contributed by atoms with E-state index in [2.05, 4.69) is 5.32 Å². The van der Waals surface area contributed by atoms with Crippen LogP contribution in [-0.4, -0.2) is 44.4 Å². The molecule has 0 aromatic heterocycles. The highest BCUT2D eigenvalue weighted by Gasteiger charge is 2.49. The number of nitrogens with one attached hydrogen (secondary N) is 1. The van der Waals surface area contributed by atoms with Crippen LogP contribution in [0, 0.1) is 12.8 Å². The number of methoxy groups -OCH3 is 1. The van der Waals surface area contributed by atoms with Crippen LogP contribution >= 0.6 is 0 Å². The lowest BCUT2D eigenvalue weighted by molar-refractivity contribution is -0.161. The molecule has 1 N–H and O–H groups in total. The van der Waals surface area contributed by atoms with Crippen LogP contribution in [0.5, 0.6) is 11.5 Å². The van der Waals surface area contributed by atoms with Gasteiger partial charge in [-0.05, 0) is 61.4 Å². The number of carbonyl (C=O) groups excluding carboxylic acids is 2. The molecule has 1 saturated heterocycles. The zero-order valence-electron chi connectivity index (χ0n) is 19.1. The summed E-state index contributed by atoms with van der Waals surface area (Å²) >= 11 is 0. The maximum Gasteiger partial charge on any atom is 0.309 e. The van der Waals surface area contributed by atoms with Gasteiger partial charge >= 0.3 is 5.97 Å². The fourth-order valence-corrected chi connectivity index (χ4v) is 4.53. The number of hydrogen-bond donors (Lipinski definition) is 1. The molecule has 1 saturated carbocycles. The molecule has 5 rings (SSSR count). The third-order valence-electron chi connectivity index (χ3n) is 6.77. The highest BCUT2D eigenvalue weighted by atomic mass is 16.6. The molecular weight excluding hydrogens is 422 g/mol. The lowest BCUT2D eigenvalue weighted by atomic mass is 9.98. The van der Waals surface area contributed by atoms with Crippen LogP contribution in [0.4, 0.5) is 0 Å². The second kappa shape index (κ2) is 8.71. The standard InChI is InChI=1S/C26H29NO6/c1-16-3-5-20(18-4-6-21-19(13-18)14-27-24(21)28)23(22(16)30-2)32-15-26(9-10-26)33-25(29)17-7-11-31-12-8-17/h3-6,13,17H,7-12,14-15H2,1-2H3,(H,27,28). The molecule has 2 aromatic carbocycles. The molecule has 174 valence electrons.